The summed E-state index contributed by atoms with van der Waals surface area (Å²) in [6.45, 7) is 6.97. The third-order valence-electron chi connectivity index (χ3n) is 7.81. The molecule has 35 heavy (non-hydrogen) atoms. The molecular weight excluding hydrogens is 445 g/mol. The average molecular weight is 480 g/mol. The lowest BCUT2D eigenvalue weighted by atomic mass is 9.79. The first kappa shape index (κ1) is 22.7. The van der Waals surface area contributed by atoms with Gasteiger partial charge in [-0.25, -0.2) is 14.4 Å². The van der Waals surface area contributed by atoms with Crippen molar-refractivity contribution >= 4 is 16.9 Å². The van der Waals surface area contributed by atoms with Gasteiger partial charge in [-0.05, 0) is 63.1 Å². The fourth-order valence-electron chi connectivity index (χ4n) is 5.84. The number of nitrogens with zero attached hydrogens (tertiary/aromatic N) is 4. The van der Waals surface area contributed by atoms with Crippen LogP contribution < -0.4 is 10.5 Å². The van der Waals surface area contributed by atoms with Gasteiger partial charge >= 0.3 is 0 Å². The van der Waals surface area contributed by atoms with E-state index in [2.05, 4.69) is 51.6 Å². The summed E-state index contributed by atoms with van der Waals surface area (Å²) in [6.07, 6.45) is 7.40. The molecule has 6 rings (SSSR count). The van der Waals surface area contributed by atoms with Gasteiger partial charge in [0.15, 0.2) is 0 Å². The number of ether oxygens (including phenoxy) is 2. The minimum atomic E-state index is -0.640. The first-order valence-corrected chi connectivity index (χ1v) is 12.7. The van der Waals surface area contributed by atoms with Crippen LogP contribution in [0.4, 0.5) is 10.2 Å². The molecule has 0 bridgehead atoms. The van der Waals surface area contributed by atoms with Crippen LogP contribution in [-0.2, 0) is 4.74 Å². The number of halogens is 1. The number of aromatic nitrogens is 3. The Hall–Kier alpha value is -2.71. The van der Waals surface area contributed by atoms with E-state index in [-0.39, 0.29) is 11.7 Å². The first-order valence-electron chi connectivity index (χ1n) is 12.7. The van der Waals surface area contributed by atoms with Gasteiger partial charge < -0.3 is 19.8 Å². The second-order valence-corrected chi connectivity index (χ2v) is 11.1. The molecular formula is C27H34FN5O2. The molecule has 1 atom stereocenters. The Balaban J connectivity index is 1.21. The van der Waals surface area contributed by atoms with Crippen LogP contribution in [0.25, 0.3) is 22.2 Å². The van der Waals surface area contributed by atoms with Crippen molar-refractivity contribution in [1.82, 2.24) is 19.4 Å². The zero-order valence-corrected chi connectivity index (χ0v) is 20.5. The number of benzene rings is 1. The molecule has 3 aliphatic rings. The molecule has 0 radical (unpaired) electrons. The average Bonchev–Trinajstić information content (AvgIpc) is 3.34. The molecule has 1 unspecified atom stereocenters. The lowest BCUT2D eigenvalue weighted by Gasteiger charge is -2.43. The van der Waals surface area contributed by atoms with Gasteiger partial charge in [-0.1, -0.05) is 12.1 Å². The quantitative estimate of drug-likeness (QED) is 0.533. The summed E-state index contributed by atoms with van der Waals surface area (Å²) >= 11 is 0. The van der Waals surface area contributed by atoms with Gasteiger partial charge in [0, 0.05) is 37.4 Å². The second-order valence-electron chi connectivity index (χ2n) is 11.1. The number of hydrogen-bond donors (Lipinski definition) is 1. The van der Waals surface area contributed by atoms with E-state index < -0.39 is 6.17 Å². The van der Waals surface area contributed by atoms with Gasteiger partial charge in [0.05, 0.1) is 17.1 Å². The molecule has 3 aromatic rings. The van der Waals surface area contributed by atoms with E-state index in [1.807, 2.05) is 12.1 Å². The summed E-state index contributed by atoms with van der Waals surface area (Å²) in [6, 6.07) is 8.51. The van der Waals surface area contributed by atoms with Gasteiger partial charge in [-0.3, -0.25) is 4.90 Å². The number of alkyl halides is 1. The predicted octanol–water partition coefficient (Wildman–Crippen LogP) is 4.62. The third kappa shape index (κ3) is 4.49. The lowest BCUT2D eigenvalue weighted by Crippen LogP contribution is -2.51. The number of nitrogen functional groups attached to an aromatic ring is 1. The minimum Gasteiger partial charge on any atom is -0.491 e. The lowest BCUT2D eigenvalue weighted by molar-refractivity contribution is -0.0326. The maximum Gasteiger partial charge on any atom is 0.146 e. The highest BCUT2D eigenvalue weighted by Crippen LogP contribution is 2.43. The van der Waals surface area contributed by atoms with E-state index in [0.717, 1.165) is 60.1 Å². The van der Waals surface area contributed by atoms with Gasteiger partial charge in [0.25, 0.3) is 0 Å². The SMILES string of the molecule is CC1(C)CCC(COc2cccc(-c3cn([C@H]4C[C@H](CN5CC(F)C5)C4)c4ncnc(N)c34)c2)O1. The van der Waals surface area contributed by atoms with Crippen LogP contribution in [0.5, 0.6) is 5.75 Å². The predicted molar refractivity (Wildman–Crippen MR) is 134 cm³/mol. The van der Waals surface area contributed by atoms with E-state index in [1.165, 1.54) is 6.33 Å². The first-order chi connectivity index (χ1) is 16.8. The molecule has 2 aliphatic heterocycles. The summed E-state index contributed by atoms with van der Waals surface area (Å²) in [5.74, 6) is 1.91. The van der Waals surface area contributed by atoms with Gasteiger partial charge in [0.1, 0.15) is 36.3 Å². The summed E-state index contributed by atoms with van der Waals surface area (Å²) in [4.78, 5) is 11.1. The summed E-state index contributed by atoms with van der Waals surface area (Å²) in [5, 5.41) is 0.886. The number of rotatable bonds is 7. The van der Waals surface area contributed by atoms with E-state index in [9.17, 15) is 4.39 Å². The Bertz CT molecular complexity index is 1220. The van der Waals surface area contributed by atoms with Crippen LogP contribution in [0.2, 0.25) is 0 Å². The van der Waals surface area contributed by atoms with E-state index >= 15 is 0 Å². The molecule has 2 saturated heterocycles. The Morgan fingerprint density at radius 2 is 2.06 bits per heavy atom. The van der Waals surface area contributed by atoms with Crippen LogP contribution >= 0.6 is 0 Å². The van der Waals surface area contributed by atoms with E-state index in [4.69, 9.17) is 15.2 Å². The van der Waals surface area contributed by atoms with Gasteiger partial charge in [0.2, 0.25) is 0 Å². The van der Waals surface area contributed by atoms with Crippen molar-refractivity contribution in [3.05, 3.63) is 36.8 Å². The number of fused-ring (bicyclic) bond motifs is 1. The molecule has 0 amide bonds. The zero-order chi connectivity index (χ0) is 24.2. The zero-order valence-electron chi connectivity index (χ0n) is 20.5. The van der Waals surface area contributed by atoms with Crippen molar-refractivity contribution in [2.24, 2.45) is 5.92 Å². The summed E-state index contributed by atoms with van der Waals surface area (Å²) < 4.78 is 27.6. The standard InChI is InChI=1S/C27H34FN5O2/c1-27(2)7-6-22(35-27)15-34-21-5-3-4-18(10-21)23-14-33(26-24(23)25(29)30-16-31-26)20-8-17(9-20)11-32-12-19(28)13-32/h3-5,10,14,16-17,19-20,22H,6-9,11-13,15H2,1-2H3,(H2,29,30,31)/t17-,20-,22?. The van der Waals surface area contributed by atoms with E-state index in [0.29, 0.717) is 37.5 Å². The van der Waals surface area contributed by atoms with Crippen LogP contribution in [0.1, 0.15) is 45.6 Å². The fraction of sp³-hybridized carbons (Fsp3) is 0.556. The maximum atomic E-state index is 13.2. The Kier molecular flexibility index (Phi) is 5.68. The summed E-state index contributed by atoms with van der Waals surface area (Å²) in [5.41, 5.74) is 9.21. The Morgan fingerprint density at radius 1 is 1.23 bits per heavy atom. The third-order valence-corrected chi connectivity index (χ3v) is 7.81. The minimum absolute atomic E-state index is 0.0688. The molecule has 3 fully saturated rings. The number of hydrogen-bond acceptors (Lipinski definition) is 6. The van der Waals surface area contributed by atoms with Crippen molar-refractivity contribution in [2.45, 2.75) is 63.4 Å². The molecule has 2 aromatic heterocycles. The van der Waals surface area contributed by atoms with Crippen molar-refractivity contribution < 1.29 is 13.9 Å². The van der Waals surface area contributed by atoms with Gasteiger partial charge in [-0.2, -0.15) is 0 Å². The highest BCUT2D eigenvalue weighted by atomic mass is 19.1. The molecule has 8 heteroatoms. The Labute approximate surface area is 205 Å². The normalized spacial score (nSPS) is 26.5. The smallest absolute Gasteiger partial charge is 0.146 e. The van der Waals surface area contributed by atoms with Crippen molar-refractivity contribution in [3.63, 3.8) is 0 Å². The summed E-state index contributed by atoms with van der Waals surface area (Å²) in [7, 11) is 0. The number of anilines is 1. The molecule has 186 valence electrons. The van der Waals surface area contributed by atoms with Crippen molar-refractivity contribution in [1.29, 1.82) is 0 Å². The molecule has 1 saturated carbocycles. The maximum absolute atomic E-state index is 13.2. The topological polar surface area (TPSA) is 78.4 Å². The van der Waals surface area contributed by atoms with Crippen molar-refractivity contribution in [3.8, 4) is 16.9 Å². The molecule has 1 aromatic carbocycles. The molecule has 4 heterocycles. The van der Waals surface area contributed by atoms with E-state index in [1.54, 1.807) is 0 Å². The second kappa shape index (κ2) is 8.75. The van der Waals surface area contributed by atoms with Crippen LogP contribution in [-0.4, -0.2) is 63.6 Å². The van der Waals surface area contributed by atoms with Crippen molar-refractivity contribution in [2.75, 3.05) is 32.0 Å². The van der Waals surface area contributed by atoms with Gasteiger partial charge in [-0.15, -0.1) is 0 Å². The molecule has 1 aliphatic carbocycles. The van der Waals surface area contributed by atoms with Crippen LogP contribution in [0, 0.1) is 5.92 Å². The number of nitrogens with two attached hydrogens (primary N) is 1. The van der Waals surface area contributed by atoms with Crippen LogP contribution in [0.3, 0.4) is 0 Å². The fourth-order valence-corrected chi connectivity index (χ4v) is 5.84. The molecule has 2 N–H and O–H groups in total. The number of likely N-dealkylation sites (tertiary alicyclic amines) is 1. The largest absolute Gasteiger partial charge is 0.491 e. The Morgan fingerprint density at radius 3 is 2.80 bits per heavy atom. The highest BCUT2D eigenvalue weighted by Gasteiger charge is 2.36. The molecule has 7 nitrogen and oxygen atoms in total. The highest BCUT2D eigenvalue weighted by molar-refractivity contribution is 6.00. The molecule has 0 spiro atoms. The van der Waals surface area contributed by atoms with Crippen LogP contribution in [0.15, 0.2) is 36.8 Å². The monoisotopic (exact) mass is 479 g/mol.